The normalized spacial score (nSPS) is 25.5. The molecule has 1 heterocycles. The van der Waals surface area contributed by atoms with Crippen LogP contribution in [0.4, 0.5) is 13.2 Å². The first-order valence-electron chi connectivity index (χ1n) is 6.00. The molecule has 0 amide bonds. The molecule has 0 fully saturated rings. The molecular formula is C12H15F3O6. The standard InChI is InChI=1S/C12H15F3O6/c1-7(16)18-5-10-9(20-8(2)17)3-4-11(21-10)19-6-12(13,14)15/h3-4,9-11H,5-6H2,1-2H3/t9-,10+,11?/m0/s1. The van der Waals surface area contributed by atoms with Gasteiger partial charge in [-0.15, -0.1) is 0 Å². The van der Waals surface area contributed by atoms with Gasteiger partial charge in [0.1, 0.15) is 25.4 Å². The molecule has 1 aliphatic rings. The van der Waals surface area contributed by atoms with Gasteiger partial charge in [0.15, 0.2) is 6.29 Å². The van der Waals surface area contributed by atoms with Crippen LogP contribution in [0.25, 0.3) is 0 Å². The van der Waals surface area contributed by atoms with Gasteiger partial charge in [0.25, 0.3) is 0 Å². The fourth-order valence-corrected chi connectivity index (χ4v) is 1.53. The molecule has 0 radical (unpaired) electrons. The van der Waals surface area contributed by atoms with Crippen LogP contribution in [0, 0.1) is 0 Å². The van der Waals surface area contributed by atoms with Crippen LogP contribution in [0.1, 0.15) is 13.8 Å². The Morgan fingerprint density at radius 1 is 1.19 bits per heavy atom. The van der Waals surface area contributed by atoms with E-state index >= 15 is 0 Å². The lowest BCUT2D eigenvalue weighted by molar-refractivity contribution is -0.240. The van der Waals surface area contributed by atoms with Crippen LogP contribution in [-0.4, -0.2) is 49.8 Å². The molecule has 1 unspecified atom stereocenters. The fraction of sp³-hybridized carbons (Fsp3) is 0.667. The van der Waals surface area contributed by atoms with Crippen molar-refractivity contribution in [2.24, 2.45) is 0 Å². The van der Waals surface area contributed by atoms with Crippen LogP contribution in [0.15, 0.2) is 12.2 Å². The summed E-state index contributed by atoms with van der Waals surface area (Å²) in [5.41, 5.74) is 0. The van der Waals surface area contributed by atoms with Crippen molar-refractivity contribution in [3.8, 4) is 0 Å². The number of hydrogen-bond acceptors (Lipinski definition) is 6. The summed E-state index contributed by atoms with van der Waals surface area (Å²) in [5.74, 6) is -1.20. The minimum Gasteiger partial charge on any atom is -0.463 e. The second-order valence-corrected chi connectivity index (χ2v) is 4.23. The van der Waals surface area contributed by atoms with Crippen molar-refractivity contribution in [1.82, 2.24) is 0 Å². The first-order valence-corrected chi connectivity index (χ1v) is 6.00. The summed E-state index contributed by atoms with van der Waals surface area (Å²) in [6.45, 7) is 0.574. The molecule has 0 N–H and O–H groups in total. The maximum atomic E-state index is 12.1. The van der Waals surface area contributed by atoms with E-state index in [-0.39, 0.29) is 6.61 Å². The lowest BCUT2D eigenvalue weighted by atomic mass is 10.1. The molecule has 0 spiro atoms. The summed E-state index contributed by atoms with van der Waals surface area (Å²) in [4.78, 5) is 21.7. The zero-order valence-electron chi connectivity index (χ0n) is 11.4. The highest BCUT2D eigenvalue weighted by Gasteiger charge is 2.34. The zero-order valence-corrected chi connectivity index (χ0v) is 11.4. The number of carbonyl (C=O) groups is 2. The molecule has 0 saturated heterocycles. The fourth-order valence-electron chi connectivity index (χ4n) is 1.53. The molecule has 0 aliphatic carbocycles. The molecule has 9 heteroatoms. The molecule has 0 aromatic rings. The van der Waals surface area contributed by atoms with Gasteiger partial charge in [-0.2, -0.15) is 13.2 Å². The maximum Gasteiger partial charge on any atom is 0.411 e. The van der Waals surface area contributed by atoms with Crippen LogP contribution in [0.3, 0.4) is 0 Å². The van der Waals surface area contributed by atoms with E-state index in [1.54, 1.807) is 0 Å². The highest BCUT2D eigenvalue weighted by Crippen LogP contribution is 2.21. The highest BCUT2D eigenvalue weighted by molar-refractivity contribution is 5.66. The molecule has 3 atom stereocenters. The molecule has 0 saturated carbocycles. The van der Waals surface area contributed by atoms with Gasteiger partial charge in [-0.05, 0) is 12.2 Å². The first-order chi connectivity index (χ1) is 9.67. The van der Waals surface area contributed by atoms with Crippen molar-refractivity contribution in [3.63, 3.8) is 0 Å². The van der Waals surface area contributed by atoms with E-state index in [1.165, 1.54) is 19.1 Å². The van der Waals surface area contributed by atoms with Crippen molar-refractivity contribution in [1.29, 1.82) is 0 Å². The van der Waals surface area contributed by atoms with Gasteiger partial charge >= 0.3 is 18.1 Å². The van der Waals surface area contributed by atoms with E-state index in [2.05, 4.69) is 4.74 Å². The summed E-state index contributed by atoms with van der Waals surface area (Å²) in [6.07, 6.45) is -5.04. The topological polar surface area (TPSA) is 71.1 Å². The van der Waals surface area contributed by atoms with E-state index in [4.69, 9.17) is 14.2 Å². The Balaban J connectivity index is 2.64. The monoisotopic (exact) mass is 312 g/mol. The van der Waals surface area contributed by atoms with E-state index in [9.17, 15) is 22.8 Å². The van der Waals surface area contributed by atoms with Crippen molar-refractivity contribution in [3.05, 3.63) is 12.2 Å². The predicted octanol–water partition coefficient (Wildman–Crippen LogP) is 1.34. The van der Waals surface area contributed by atoms with Gasteiger partial charge in [-0.3, -0.25) is 9.59 Å². The second kappa shape index (κ2) is 7.41. The van der Waals surface area contributed by atoms with Gasteiger partial charge < -0.3 is 18.9 Å². The molecule has 1 aliphatic heterocycles. The number of alkyl halides is 3. The Hall–Kier alpha value is -1.61. The number of esters is 2. The van der Waals surface area contributed by atoms with Crippen molar-refractivity contribution < 1.29 is 41.7 Å². The first kappa shape index (κ1) is 17.4. The predicted molar refractivity (Wildman–Crippen MR) is 62.0 cm³/mol. The lowest BCUT2D eigenvalue weighted by Crippen LogP contribution is -2.42. The average Bonchev–Trinajstić information content (AvgIpc) is 2.34. The summed E-state index contributed by atoms with van der Waals surface area (Å²) >= 11 is 0. The SMILES string of the molecule is CC(=O)OC[C@H]1OC(OCC(F)(F)F)C=C[C@@H]1OC(C)=O. The van der Waals surface area contributed by atoms with E-state index in [0.29, 0.717) is 0 Å². The van der Waals surface area contributed by atoms with Gasteiger partial charge in [0, 0.05) is 13.8 Å². The smallest absolute Gasteiger partial charge is 0.411 e. The van der Waals surface area contributed by atoms with Crippen LogP contribution in [-0.2, 0) is 28.5 Å². The van der Waals surface area contributed by atoms with Crippen LogP contribution >= 0.6 is 0 Å². The minimum atomic E-state index is -4.49. The quantitative estimate of drug-likeness (QED) is 0.563. The average molecular weight is 312 g/mol. The Bertz CT molecular complexity index is 406. The van der Waals surface area contributed by atoms with Crippen molar-refractivity contribution >= 4 is 11.9 Å². The lowest BCUT2D eigenvalue weighted by Gasteiger charge is -2.31. The molecule has 21 heavy (non-hydrogen) atoms. The second-order valence-electron chi connectivity index (χ2n) is 4.23. The van der Waals surface area contributed by atoms with E-state index in [1.807, 2.05) is 0 Å². The molecule has 6 nitrogen and oxygen atoms in total. The van der Waals surface area contributed by atoms with Crippen molar-refractivity contribution in [2.75, 3.05) is 13.2 Å². The van der Waals surface area contributed by atoms with Gasteiger partial charge in [0.05, 0.1) is 0 Å². The zero-order chi connectivity index (χ0) is 16.0. The number of carbonyl (C=O) groups excluding carboxylic acids is 2. The molecule has 1 rings (SSSR count). The molecule has 0 aromatic carbocycles. The van der Waals surface area contributed by atoms with E-state index in [0.717, 1.165) is 6.92 Å². The largest absolute Gasteiger partial charge is 0.463 e. The molecule has 0 aromatic heterocycles. The Morgan fingerprint density at radius 2 is 1.86 bits per heavy atom. The van der Waals surface area contributed by atoms with Gasteiger partial charge in [-0.1, -0.05) is 0 Å². The van der Waals surface area contributed by atoms with Gasteiger partial charge in [-0.25, -0.2) is 0 Å². The van der Waals surface area contributed by atoms with Crippen LogP contribution in [0.5, 0.6) is 0 Å². The Morgan fingerprint density at radius 3 is 2.38 bits per heavy atom. The van der Waals surface area contributed by atoms with Crippen molar-refractivity contribution in [2.45, 2.75) is 38.5 Å². The molecular weight excluding hydrogens is 297 g/mol. The van der Waals surface area contributed by atoms with E-state index < -0.39 is 43.2 Å². The summed E-state index contributed by atoms with van der Waals surface area (Å²) in [6, 6.07) is 0. The number of ether oxygens (including phenoxy) is 4. The van der Waals surface area contributed by atoms with Crippen LogP contribution < -0.4 is 0 Å². The third-order valence-corrected chi connectivity index (χ3v) is 2.30. The summed E-state index contributed by atoms with van der Waals surface area (Å²) in [5, 5.41) is 0. The third-order valence-electron chi connectivity index (χ3n) is 2.30. The summed E-state index contributed by atoms with van der Waals surface area (Å²) < 4.78 is 55.5. The number of hydrogen-bond donors (Lipinski definition) is 0. The van der Waals surface area contributed by atoms with Gasteiger partial charge in [0.2, 0.25) is 0 Å². The minimum absolute atomic E-state index is 0.274. The number of halogens is 3. The number of rotatable bonds is 5. The van der Waals surface area contributed by atoms with Crippen LogP contribution in [0.2, 0.25) is 0 Å². The molecule has 120 valence electrons. The highest BCUT2D eigenvalue weighted by atomic mass is 19.4. The third kappa shape index (κ3) is 7.09. The molecule has 0 bridgehead atoms. The Labute approximate surface area is 118 Å². The Kier molecular flexibility index (Phi) is 6.16. The summed E-state index contributed by atoms with van der Waals surface area (Å²) in [7, 11) is 0. The maximum absolute atomic E-state index is 12.1.